The highest BCUT2D eigenvalue weighted by atomic mass is 16.2. The Balaban J connectivity index is 1.59. The van der Waals surface area contributed by atoms with Gasteiger partial charge in [0.15, 0.2) is 0 Å². The molecular formula is C23H16N2O. The van der Waals surface area contributed by atoms with E-state index in [4.69, 9.17) is 4.98 Å². The van der Waals surface area contributed by atoms with Crippen molar-refractivity contribution in [3.05, 3.63) is 96.2 Å². The quantitative estimate of drug-likeness (QED) is 0.560. The van der Waals surface area contributed by atoms with Crippen molar-refractivity contribution >= 4 is 22.5 Å². The summed E-state index contributed by atoms with van der Waals surface area (Å²) < 4.78 is 0. The summed E-state index contributed by atoms with van der Waals surface area (Å²) in [6.45, 7) is 0. The number of nitrogens with one attached hydrogen (secondary N) is 1. The predicted molar refractivity (Wildman–Crippen MR) is 104 cm³/mol. The molecule has 3 heteroatoms. The lowest BCUT2D eigenvalue weighted by Crippen LogP contribution is -2.14. The Bertz CT molecular complexity index is 1140. The molecule has 0 spiro atoms. The molecule has 0 fully saturated rings. The highest BCUT2D eigenvalue weighted by molar-refractivity contribution is 6.05. The minimum atomic E-state index is -0.362. The van der Waals surface area contributed by atoms with Crippen LogP contribution in [0, 0.1) is 0 Å². The first-order chi connectivity index (χ1) is 12.8. The Kier molecular flexibility index (Phi) is 3.32. The summed E-state index contributed by atoms with van der Waals surface area (Å²) in [6, 6.07) is 28.3. The number of hydrogen-bond donors (Lipinski definition) is 1. The zero-order valence-electron chi connectivity index (χ0n) is 14.0. The van der Waals surface area contributed by atoms with Crippen LogP contribution in [0.5, 0.6) is 0 Å². The van der Waals surface area contributed by atoms with Crippen molar-refractivity contribution in [3.8, 4) is 11.1 Å². The van der Waals surface area contributed by atoms with Gasteiger partial charge in [0, 0.05) is 11.1 Å². The molecule has 0 bridgehead atoms. The number of carbonyl (C=O) groups is 1. The van der Waals surface area contributed by atoms with Gasteiger partial charge < -0.3 is 5.32 Å². The maximum Gasteiger partial charge on any atom is 0.238 e. The fraction of sp³-hybridized carbons (Fsp3) is 0.0435. The number of hydrogen-bond acceptors (Lipinski definition) is 2. The topological polar surface area (TPSA) is 42.0 Å². The van der Waals surface area contributed by atoms with Crippen molar-refractivity contribution in [1.82, 2.24) is 4.98 Å². The van der Waals surface area contributed by atoms with Gasteiger partial charge in [-0.2, -0.15) is 0 Å². The maximum atomic E-state index is 12.7. The van der Waals surface area contributed by atoms with Crippen LogP contribution in [0.15, 0.2) is 84.9 Å². The second kappa shape index (κ2) is 5.81. The molecule has 26 heavy (non-hydrogen) atoms. The molecule has 3 nitrogen and oxygen atoms in total. The molecule has 1 aliphatic heterocycles. The van der Waals surface area contributed by atoms with Crippen LogP contribution in [0.3, 0.4) is 0 Å². The predicted octanol–water partition coefficient (Wildman–Crippen LogP) is 4.99. The zero-order chi connectivity index (χ0) is 17.5. The van der Waals surface area contributed by atoms with Gasteiger partial charge in [0.2, 0.25) is 5.91 Å². The van der Waals surface area contributed by atoms with E-state index in [0.29, 0.717) is 0 Å². The van der Waals surface area contributed by atoms with Gasteiger partial charge >= 0.3 is 0 Å². The molecule has 0 saturated heterocycles. The molecule has 4 aromatic rings. The van der Waals surface area contributed by atoms with Crippen molar-refractivity contribution < 1.29 is 4.79 Å². The number of benzene rings is 3. The van der Waals surface area contributed by atoms with E-state index in [2.05, 4.69) is 23.5 Å². The fourth-order valence-corrected chi connectivity index (χ4v) is 3.61. The summed E-state index contributed by atoms with van der Waals surface area (Å²) >= 11 is 0. The lowest BCUT2D eigenvalue weighted by Gasteiger charge is -2.10. The van der Waals surface area contributed by atoms with Crippen LogP contribution < -0.4 is 5.32 Å². The van der Waals surface area contributed by atoms with E-state index >= 15 is 0 Å². The Morgan fingerprint density at radius 2 is 1.58 bits per heavy atom. The number of aromatic nitrogens is 1. The second-order valence-electron chi connectivity index (χ2n) is 6.52. The largest absolute Gasteiger partial charge is 0.325 e. The van der Waals surface area contributed by atoms with Crippen molar-refractivity contribution in [2.24, 2.45) is 0 Å². The van der Waals surface area contributed by atoms with Gasteiger partial charge in [-0.3, -0.25) is 9.78 Å². The summed E-state index contributed by atoms with van der Waals surface area (Å²) in [5.41, 5.74) is 5.78. The second-order valence-corrected chi connectivity index (χ2v) is 6.52. The first-order valence-corrected chi connectivity index (χ1v) is 8.65. The van der Waals surface area contributed by atoms with E-state index in [1.165, 1.54) is 0 Å². The van der Waals surface area contributed by atoms with Crippen LogP contribution in [0.25, 0.3) is 22.0 Å². The molecule has 1 aromatic heterocycles. The van der Waals surface area contributed by atoms with Crippen molar-refractivity contribution in [1.29, 1.82) is 0 Å². The van der Waals surface area contributed by atoms with Gasteiger partial charge in [0.1, 0.15) is 5.92 Å². The van der Waals surface area contributed by atoms with Crippen LogP contribution in [0.2, 0.25) is 0 Å². The average Bonchev–Trinajstić information content (AvgIpc) is 3.03. The molecule has 0 aliphatic carbocycles. The van der Waals surface area contributed by atoms with Gasteiger partial charge in [-0.05, 0) is 34.9 Å². The third kappa shape index (κ3) is 2.37. The standard InChI is InChI=1S/C23H16N2O/c26-23-22(20-13-11-16-8-4-5-9-19(16)24-20)18-12-10-17(14-21(18)25-23)15-6-2-1-3-7-15/h1-14,22H,(H,25,26). The summed E-state index contributed by atoms with van der Waals surface area (Å²) in [5, 5.41) is 4.10. The normalized spacial score (nSPS) is 15.7. The first-order valence-electron chi connectivity index (χ1n) is 8.65. The SMILES string of the molecule is O=C1Nc2cc(-c3ccccc3)ccc2C1c1ccc2ccccc2n1. The molecule has 1 N–H and O–H groups in total. The minimum absolute atomic E-state index is 0.0204. The number of rotatable bonds is 2. The van der Waals surface area contributed by atoms with Gasteiger partial charge in [0.05, 0.1) is 11.2 Å². The summed E-state index contributed by atoms with van der Waals surface area (Å²) in [6.07, 6.45) is 0. The molecule has 3 aromatic carbocycles. The minimum Gasteiger partial charge on any atom is -0.325 e. The maximum absolute atomic E-state index is 12.7. The highest BCUT2D eigenvalue weighted by Crippen LogP contribution is 2.39. The van der Waals surface area contributed by atoms with Crippen LogP contribution in [-0.4, -0.2) is 10.9 Å². The molecule has 1 unspecified atom stereocenters. The molecule has 1 atom stereocenters. The fourth-order valence-electron chi connectivity index (χ4n) is 3.61. The van der Waals surface area contributed by atoms with Crippen molar-refractivity contribution in [2.75, 3.05) is 5.32 Å². The van der Waals surface area contributed by atoms with E-state index < -0.39 is 0 Å². The number of anilines is 1. The number of nitrogens with zero attached hydrogens (tertiary/aromatic N) is 1. The Morgan fingerprint density at radius 1 is 0.769 bits per heavy atom. The van der Waals surface area contributed by atoms with Crippen molar-refractivity contribution in [3.63, 3.8) is 0 Å². The Hall–Kier alpha value is -3.46. The molecule has 2 heterocycles. The van der Waals surface area contributed by atoms with Gasteiger partial charge in [-0.25, -0.2) is 0 Å². The van der Waals surface area contributed by atoms with Crippen LogP contribution in [0.1, 0.15) is 17.2 Å². The van der Waals surface area contributed by atoms with Gasteiger partial charge in [0.25, 0.3) is 0 Å². The highest BCUT2D eigenvalue weighted by Gasteiger charge is 2.33. The van der Waals surface area contributed by atoms with Crippen molar-refractivity contribution in [2.45, 2.75) is 5.92 Å². The van der Waals surface area contributed by atoms with Crippen LogP contribution in [-0.2, 0) is 4.79 Å². The summed E-state index contributed by atoms with van der Waals surface area (Å²) in [7, 11) is 0. The van der Waals surface area contributed by atoms with Gasteiger partial charge in [-0.15, -0.1) is 0 Å². The molecular weight excluding hydrogens is 320 g/mol. The number of amides is 1. The van der Waals surface area contributed by atoms with Crippen LogP contribution >= 0.6 is 0 Å². The smallest absolute Gasteiger partial charge is 0.238 e. The first kappa shape index (κ1) is 14.8. The summed E-state index contributed by atoms with van der Waals surface area (Å²) in [5.74, 6) is -0.382. The summed E-state index contributed by atoms with van der Waals surface area (Å²) in [4.78, 5) is 17.4. The Labute approximate surface area is 151 Å². The lowest BCUT2D eigenvalue weighted by molar-refractivity contribution is -0.116. The van der Waals surface area contributed by atoms with E-state index in [1.807, 2.05) is 66.7 Å². The third-order valence-corrected chi connectivity index (χ3v) is 4.91. The van der Waals surface area contributed by atoms with Crippen LogP contribution in [0.4, 0.5) is 5.69 Å². The molecule has 0 saturated carbocycles. The van der Waals surface area contributed by atoms with Gasteiger partial charge in [-0.1, -0.05) is 66.7 Å². The van der Waals surface area contributed by atoms with E-state index in [-0.39, 0.29) is 11.8 Å². The lowest BCUT2D eigenvalue weighted by atomic mass is 9.94. The van der Waals surface area contributed by atoms with E-state index in [9.17, 15) is 4.79 Å². The molecule has 5 rings (SSSR count). The number of carbonyl (C=O) groups excluding carboxylic acids is 1. The third-order valence-electron chi connectivity index (χ3n) is 4.91. The average molecular weight is 336 g/mol. The molecule has 1 amide bonds. The number of pyridine rings is 1. The molecule has 1 aliphatic rings. The monoisotopic (exact) mass is 336 g/mol. The number of para-hydroxylation sites is 1. The number of fused-ring (bicyclic) bond motifs is 2. The molecule has 124 valence electrons. The van der Waals surface area contributed by atoms with E-state index in [0.717, 1.165) is 39.0 Å². The molecule has 0 radical (unpaired) electrons. The zero-order valence-corrected chi connectivity index (χ0v) is 14.0. The van der Waals surface area contributed by atoms with E-state index in [1.54, 1.807) is 0 Å². The Morgan fingerprint density at radius 3 is 2.46 bits per heavy atom.